The Bertz CT molecular complexity index is 582. The quantitative estimate of drug-likeness (QED) is 0.841. The Morgan fingerprint density at radius 1 is 1.37 bits per heavy atom. The van der Waals surface area contributed by atoms with Crippen LogP contribution >= 0.6 is 0 Å². The van der Waals surface area contributed by atoms with E-state index in [0.717, 1.165) is 37.1 Å². The lowest BCUT2D eigenvalue weighted by Gasteiger charge is -2.06. The van der Waals surface area contributed by atoms with Gasteiger partial charge in [-0.1, -0.05) is 6.42 Å². The molecule has 0 saturated carbocycles. The number of rotatable bonds is 2. The van der Waals surface area contributed by atoms with E-state index in [9.17, 15) is 5.11 Å². The zero-order chi connectivity index (χ0) is 13.4. The molecule has 2 heterocycles. The van der Waals surface area contributed by atoms with Crippen LogP contribution in [0.5, 0.6) is 0 Å². The summed E-state index contributed by atoms with van der Waals surface area (Å²) in [4.78, 5) is 0. The molecule has 0 spiro atoms. The van der Waals surface area contributed by atoms with E-state index in [1.54, 1.807) is 0 Å². The third-order valence-electron chi connectivity index (χ3n) is 3.97. The second-order valence-corrected chi connectivity index (χ2v) is 5.57. The summed E-state index contributed by atoms with van der Waals surface area (Å²) in [5, 5.41) is 14.5. The van der Waals surface area contributed by atoms with Crippen molar-refractivity contribution in [2.24, 2.45) is 7.05 Å². The van der Waals surface area contributed by atoms with Gasteiger partial charge in [0.15, 0.2) is 0 Å². The van der Waals surface area contributed by atoms with E-state index in [2.05, 4.69) is 28.1 Å². The normalized spacial score (nSPS) is 19.2. The second kappa shape index (κ2) is 4.85. The fourth-order valence-electron chi connectivity index (χ4n) is 2.98. The molecule has 19 heavy (non-hydrogen) atoms. The predicted octanol–water partition coefficient (Wildman–Crippen LogP) is 2.34. The van der Waals surface area contributed by atoms with Crippen molar-refractivity contribution in [1.82, 2.24) is 14.3 Å². The molecule has 1 N–H and O–H groups in total. The maximum Gasteiger partial charge on any atom is 0.0807 e. The monoisotopic (exact) mass is 259 g/mol. The topological polar surface area (TPSA) is 43.0 Å². The van der Waals surface area contributed by atoms with E-state index >= 15 is 0 Å². The van der Waals surface area contributed by atoms with Crippen LogP contribution in [0.25, 0.3) is 0 Å². The molecule has 4 nitrogen and oxygen atoms in total. The molecule has 1 atom stereocenters. The van der Waals surface area contributed by atoms with Crippen LogP contribution in [0, 0.1) is 6.92 Å². The van der Waals surface area contributed by atoms with Gasteiger partial charge in [-0.15, -0.1) is 0 Å². The van der Waals surface area contributed by atoms with Crippen molar-refractivity contribution in [1.29, 1.82) is 0 Å². The van der Waals surface area contributed by atoms with E-state index in [4.69, 9.17) is 0 Å². The molecular weight excluding hydrogens is 238 g/mol. The molecule has 2 aromatic rings. The Hall–Kier alpha value is -1.55. The average Bonchev–Trinajstić information content (AvgIpc) is 2.84. The third kappa shape index (κ3) is 2.45. The summed E-state index contributed by atoms with van der Waals surface area (Å²) >= 11 is 0. The van der Waals surface area contributed by atoms with Gasteiger partial charge in [0, 0.05) is 25.0 Å². The van der Waals surface area contributed by atoms with Crippen LogP contribution in [-0.4, -0.2) is 19.5 Å². The van der Waals surface area contributed by atoms with Gasteiger partial charge in [0.25, 0.3) is 0 Å². The van der Waals surface area contributed by atoms with Gasteiger partial charge < -0.3 is 9.67 Å². The summed E-state index contributed by atoms with van der Waals surface area (Å²) in [6.07, 6.45) is 8.29. The van der Waals surface area contributed by atoms with E-state index in [1.807, 2.05) is 18.7 Å². The van der Waals surface area contributed by atoms with E-state index in [0.29, 0.717) is 0 Å². The number of hydrogen-bond acceptors (Lipinski definition) is 2. The number of aromatic nitrogens is 3. The molecular formula is C15H21N3O. The number of aliphatic hydroxyl groups is 1. The summed E-state index contributed by atoms with van der Waals surface area (Å²) in [5.74, 6) is 0. The zero-order valence-corrected chi connectivity index (χ0v) is 11.6. The smallest absolute Gasteiger partial charge is 0.0807 e. The molecule has 102 valence electrons. The Balaban J connectivity index is 1.87. The molecule has 0 aliphatic heterocycles. The second-order valence-electron chi connectivity index (χ2n) is 5.57. The van der Waals surface area contributed by atoms with Crippen LogP contribution in [0.4, 0.5) is 0 Å². The summed E-state index contributed by atoms with van der Waals surface area (Å²) in [6, 6.07) is 2.11. The van der Waals surface area contributed by atoms with E-state index in [1.165, 1.54) is 17.7 Å². The fraction of sp³-hybridized carbons (Fsp3) is 0.533. The first-order valence-electron chi connectivity index (χ1n) is 6.99. The minimum Gasteiger partial charge on any atom is -0.388 e. The SMILES string of the molecule is Cc1cc(Cn2cc3c(c2)C(O)CCCC3)n(C)n1. The van der Waals surface area contributed by atoms with Crippen molar-refractivity contribution in [2.75, 3.05) is 0 Å². The maximum absolute atomic E-state index is 10.1. The molecule has 1 aliphatic carbocycles. The maximum atomic E-state index is 10.1. The first-order valence-corrected chi connectivity index (χ1v) is 6.99. The van der Waals surface area contributed by atoms with Gasteiger partial charge >= 0.3 is 0 Å². The first kappa shape index (κ1) is 12.5. The van der Waals surface area contributed by atoms with E-state index in [-0.39, 0.29) is 6.10 Å². The van der Waals surface area contributed by atoms with Crippen LogP contribution in [0.2, 0.25) is 0 Å². The highest BCUT2D eigenvalue weighted by molar-refractivity contribution is 5.28. The Kier molecular flexibility index (Phi) is 3.19. The minimum atomic E-state index is -0.285. The molecule has 0 saturated heterocycles. The van der Waals surface area contributed by atoms with Crippen LogP contribution in [0.3, 0.4) is 0 Å². The Morgan fingerprint density at radius 3 is 2.95 bits per heavy atom. The molecule has 0 fully saturated rings. The standard InChI is InChI=1S/C15H21N3O/c1-11-7-13(17(2)16-11)9-18-8-12-5-3-4-6-15(19)14(12)10-18/h7-8,10,15,19H,3-6,9H2,1-2H3. The summed E-state index contributed by atoms with van der Waals surface area (Å²) in [6.45, 7) is 2.83. The third-order valence-corrected chi connectivity index (χ3v) is 3.97. The Labute approximate surface area is 113 Å². The average molecular weight is 259 g/mol. The van der Waals surface area contributed by atoms with Gasteiger partial charge in [-0.2, -0.15) is 5.10 Å². The lowest BCUT2D eigenvalue weighted by Crippen LogP contribution is -2.04. The molecule has 1 unspecified atom stereocenters. The van der Waals surface area contributed by atoms with Crippen molar-refractivity contribution < 1.29 is 5.11 Å². The molecule has 2 aromatic heterocycles. The molecule has 3 rings (SSSR count). The highest BCUT2D eigenvalue weighted by atomic mass is 16.3. The van der Waals surface area contributed by atoms with Crippen molar-refractivity contribution in [3.8, 4) is 0 Å². The number of aryl methyl sites for hydroxylation is 3. The highest BCUT2D eigenvalue weighted by Gasteiger charge is 2.18. The van der Waals surface area contributed by atoms with Crippen molar-refractivity contribution in [3.05, 3.63) is 41.0 Å². The summed E-state index contributed by atoms with van der Waals surface area (Å²) in [5.41, 5.74) is 4.67. The van der Waals surface area contributed by atoms with Gasteiger partial charge in [0.05, 0.1) is 24.0 Å². The number of aliphatic hydroxyl groups excluding tert-OH is 1. The predicted molar refractivity (Wildman–Crippen MR) is 74.0 cm³/mol. The largest absolute Gasteiger partial charge is 0.388 e. The molecule has 1 aliphatic rings. The van der Waals surface area contributed by atoms with E-state index < -0.39 is 0 Å². The highest BCUT2D eigenvalue weighted by Crippen LogP contribution is 2.29. The number of hydrogen-bond donors (Lipinski definition) is 1. The molecule has 4 heteroatoms. The van der Waals surface area contributed by atoms with Crippen molar-refractivity contribution in [3.63, 3.8) is 0 Å². The van der Waals surface area contributed by atoms with Gasteiger partial charge in [0.2, 0.25) is 0 Å². The van der Waals surface area contributed by atoms with Crippen LogP contribution in [-0.2, 0) is 20.0 Å². The molecule has 0 radical (unpaired) electrons. The van der Waals surface area contributed by atoms with Crippen LogP contribution in [0.15, 0.2) is 18.5 Å². The first-order chi connectivity index (χ1) is 9.13. The van der Waals surface area contributed by atoms with Crippen molar-refractivity contribution >= 4 is 0 Å². The number of nitrogens with zero attached hydrogens (tertiary/aromatic N) is 3. The van der Waals surface area contributed by atoms with Gasteiger partial charge in [-0.25, -0.2) is 0 Å². The zero-order valence-electron chi connectivity index (χ0n) is 11.6. The summed E-state index contributed by atoms with van der Waals surface area (Å²) < 4.78 is 4.10. The number of fused-ring (bicyclic) bond motifs is 1. The molecule has 0 amide bonds. The fourth-order valence-corrected chi connectivity index (χ4v) is 2.98. The van der Waals surface area contributed by atoms with Crippen molar-refractivity contribution in [2.45, 2.75) is 45.3 Å². The lowest BCUT2D eigenvalue weighted by molar-refractivity contribution is 0.166. The lowest BCUT2D eigenvalue weighted by atomic mass is 10.1. The van der Waals surface area contributed by atoms with Crippen LogP contribution < -0.4 is 0 Å². The summed E-state index contributed by atoms with van der Waals surface area (Å²) in [7, 11) is 1.98. The minimum absolute atomic E-state index is 0.285. The van der Waals surface area contributed by atoms with Gasteiger partial charge in [0.1, 0.15) is 0 Å². The van der Waals surface area contributed by atoms with Gasteiger partial charge in [-0.05, 0) is 37.8 Å². The molecule has 0 bridgehead atoms. The Morgan fingerprint density at radius 2 is 2.21 bits per heavy atom. The van der Waals surface area contributed by atoms with Gasteiger partial charge in [-0.3, -0.25) is 4.68 Å². The van der Waals surface area contributed by atoms with Crippen LogP contribution in [0.1, 0.15) is 47.9 Å². The molecule has 0 aromatic carbocycles.